The van der Waals surface area contributed by atoms with Gasteiger partial charge in [0.1, 0.15) is 12.2 Å². The van der Waals surface area contributed by atoms with Crippen molar-refractivity contribution in [1.82, 2.24) is 15.3 Å². The van der Waals surface area contributed by atoms with Gasteiger partial charge in [0.05, 0.1) is 37.4 Å². The van der Waals surface area contributed by atoms with E-state index in [1.54, 1.807) is 20.0 Å². The average molecular weight is 421 g/mol. The molecule has 3 heterocycles. The fourth-order valence-electron chi connectivity index (χ4n) is 3.92. The zero-order chi connectivity index (χ0) is 22.1. The van der Waals surface area contributed by atoms with Crippen molar-refractivity contribution in [3.05, 3.63) is 18.0 Å². The lowest BCUT2D eigenvalue weighted by molar-refractivity contribution is -0.139. The molecule has 9 nitrogen and oxygen atoms in total. The lowest BCUT2D eigenvalue weighted by atomic mass is 9.85. The number of rotatable bonds is 7. The summed E-state index contributed by atoms with van der Waals surface area (Å²) in [7, 11) is 0. The third kappa shape index (κ3) is 5.46. The molecule has 1 aromatic heterocycles. The SMILES string of the molecule is CC(C)(CC(=O)O)CC(=O)N[C@H]1CO[C@H]2[C@@H]1OC[C@@H]2Nc1nccc(C(C)(C)C)n1. The molecular formula is C21H32N4O5. The molecule has 3 rings (SSSR count). The van der Waals surface area contributed by atoms with Gasteiger partial charge in [-0.2, -0.15) is 0 Å². The molecule has 166 valence electrons. The fourth-order valence-corrected chi connectivity index (χ4v) is 3.92. The molecule has 1 aromatic rings. The number of hydrogen-bond donors (Lipinski definition) is 3. The highest BCUT2D eigenvalue weighted by Gasteiger charge is 2.48. The predicted molar refractivity (Wildman–Crippen MR) is 110 cm³/mol. The van der Waals surface area contributed by atoms with Crippen LogP contribution >= 0.6 is 0 Å². The second-order valence-electron chi connectivity index (χ2n) is 9.95. The number of carboxylic acid groups (broad SMARTS) is 1. The van der Waals surface area contributed by atoms with E-state index in [-0.39, 0.29) is 48.5 Å². The van der Waals surface area contributed by atoms with Gasteiger partial charge in [-0.05, 0) is 11.5 Å². The number of nitrogens with zero attached hydrogens (tertiary/aromatic N) is 2. The highest BCUT2D eigenvalue weighted by Crippen LogP contribution is 2.30. The number of carbonyl (C=O) groups excluding carboxylic acids is 1. The van der Waals surface area contributed by atoms with Crippen molar-refractivity contribution in [1.29, 1.82) is 0 Å². The molecule has 0 bridgehead atoms. The first-order valence-electron chi connectivity index (χ1n) is 10.3. The average Bonchev–Trinajstić information content (AvgIpc) is 3.16. The summed E-state index contributed by atoms with van der Waals surface area (Å²) < 4.78 is 11.8. The summed E-state index contributed by atoms with van der Waals surface area (Å²) in [4.78, 5) is 32.3. The number of amides is 1. The molecule has 0 aromatic carbocycles. The summed E-state index contributed by atoms with van der Waals surface area (Å²) in [5, 5.41) is 15.3. The van der Waals surface area contributed by atoms with E-state index in [1.807, 2.05) is 6.07 Å². The third-order valence-electron chi connectivity index (χ3n) is 5.41. The summed E-state index contributed by atoms with van der Waals surface area (Å²) in [6.07, 6.45) is 1.32. The summed E-state index contributed by atoms with van der Waals surface area (Å²) in [6.45, 7) is 10.6. The van der Waals surface area contributed by atoms with Crippen LogP contribution < -0.4 is 10.6 Å². The number of aliphatic carboxylic acids is 1. The Morgan fingerprint density at radius 1 is 1.10 bits per heavy atom. The van der Waals surface area contributed by atoms with Crippen molar-refractivity contribution in [2.75, 3.05) is 18.5 Å². The van der Waals surface area contributed by atoms with Gasteiger partial charge in [0, 0.05) is 18.0 Å². The van der Waals surface area contributed by atoms with E-state index >= 15 is 0 Å². The molecule has 3 N–H and O–H groups in total. The van der Waals surface area contributed by atoms with Crippen molar-refractivity contribution in [2.24, 2.45) is 5.41 Å². The maximum Gasteiger partial charge on any atom is 0.303 e. The van der Waals surface area contributed by atoms with E-state index in [1.165, 1.54) is 0 Å². The smallest absolute Gasteiger partial charge is 0.303 e. The molecule has 0 aliphatic carbocycles. The summed E-state index contributed by atoms with van der Waals surface area (Å²) in [5.41, 5.74) is 0.240. The van der Waals surface area contributed by atoms with Gasteiger partial charge in [-0.15, -0.1) is 0 Å². The Morgan fingerprint density at radius 3 is 2.37 bits per heavy atom. The van der Waals surface area contributed by atoms with E-state index in [0.29, 0.717) is 19.2 Å². The standard InChI is InChI=1S/C21H32N4O5/c1-20(2,3)14-6-7-22-19(25-14)24-13-11-30-17-12(10-29-18(13)17)23-15(26)8-21(4,5)9-16(27)28/h6-7,12-13,17-18H,8-11H2,1-5H3,(H,23,26)(H,27,28)(H,22,24,25)/t12-,13-,17+,18+/m0/s1. The number of ether oxygens (including phenoxy) is 2. The lowest BCUT2D eigenvalue weighted by Crippen LogP contribution is -2.45. The van der Waals surface area contributed by atoms with Crippen LogP contribution in [0.1, 0.15) is 53.2 Å². The highest BCUT2D eigenvalue weighted by molar-refractivity contribution is 5.78. The molecule has 2 aliphatic heterocycles. The molecule has 2 fully saturated rings. The Balaban J connectivity index is 1.57. The van der Waals surface area contributed by atoms with Gasteiger partial charge in [0.25, 0.3) is 0 Å². The van der Waals surface area contributed by atoms with Gasteiger partial charge in [-0.1, -0.05) is 34.6 Å². The van der Waals surface area contributed by atoms with Gasteiger partial charge in [0.15, 0.2) is 0 Å². The minimum absolute atomic E-state index is 0.0657. The van der Waals surface area contributed by atoms with Crippen molar-refractivity contribution in [3.8, 4) is 0 Å². The van der Waals surface area contributed by atoms with Crippen LogP contribution in [0.3, 0.4) is 0 Å². The second-order valence-corrected chi connectivity index (χ2v) is 9.95. The van der Waals surface area contributed by atoms with Crippen LogP contribution in [-0.2, 0) is 24.5 Å². The van der Waals surface area contributed by atoms with Gasteiger partial charge in [-0.3, -0.25) is 9.59 Å². The van der Waals surface area contributed by atoms with Crippen LogP contribution in [0.25, 0.3) is 0 Å². The summed E-state index contributed by atoms with van der Waals surface area (Å²) in [6, 6.07) is 1.52. The van der Waals surface area contributed by atoms with Gasteiger partial charge in [0.2, 0.25) is 11.9 Å². The Morgan fingerprint density at radius 2 is 1.73 bits per heavy atom. The predicted octanol–water partition coefficient (Wildman–Crippen LogP) is 1.73. The topological polar surface area (TPSA) is 123 Å². The van der Waals surface area contributed by atoms with Crippen LogP contribution in [0.4, 0.5) is 5.95 Å². The van der Waals surface area contributed by atoms with E-state index in [9.17, 15) is 9.59 Å². The normalized spacial score (nSPS) is 26.3. The molecule has 0 unspecified atom stereocenters. The molecule has 0 saturated carbocycles. The minimum Gasteiger partial charge on any atom is -0.481 e. The van der Waals surface area contributed by atoms with Crippen LogP contribution in [0.5, 0.6) is 0 Å². The van der Waals surface area contributed by atoms with Gasteiger partial charge < -0.3 is 25.2 Å². The fraction of sp³-hybridized carbons (Fsp3) is 0.714. The molecule has 9 heteroatoms. The lowest BCUT2D eigenvalue weighted by Gasteiger charge is -2.24. The zero-order valence-electron chi connectivity index (χ0n) is 18.3. The minimum atomic E-state index is -0.914. The number of anilines is 1. The largest absolute Gasteiger partial charge is 0.481 e. The number of carbonyl (C=O) groups is 2. The van der Waals surface area contributed by atoms with Crippen molar-refractivity contribution < 1.29 is 24.2 Å². The van der Waals surface area contributed by atoms with Crippen LogP contribution in [0, 0.1) is 5.41 Å². The molecule has 30 heavy (non-hydrogen) atoms. The Bertz CT molecular complexity index is 792. The van der Waals surface area contributed by atoms with Crippen LogP contribution in [-0.4, -0.2) is 64.5 Å². The number of carboxylic acids is 1. The molecular weight excluding hydrogens is 388 g/mol. The van der Waals surface area contributed by atoms with Crippen molar-refractivity contribution in [3.63, 3.8) is 0 Å². The monoisotopic (exact) mass is 420 g/mol. The van der Waals surface area contributed by atoms with E-state index < -0.39 is 11.4 Å². The van der Waals surface area contributed by atoms with Gasteiger partial charge in [-0.25, -0.2) is 9.97 Å². The van der Waals surface area contributed by atoms with Crippen molar-refractivity contribution >= 4 is 17.8 Å². The molecule has 1 amide bonds. The first kappa shape index (κ1) is 22.4. The van der Waals surface area contributed by atoms with Crippen LogP contribution in [0.15, 0.2) is 12.3 Å². The summed E-state index contributed by atoms with van der Waals surface area (Å²) in [5.74, 6) is -0.581. The Kier molecular flexibility index (Phi) is 6.33. The maximum atomic E-state index is 12.4. The molecule has 4 atom stereocenters. The first-order chi connectivity index (χ1) is 13.9. The summed E-state index contributed by atoms with van der Waals surface area (Å²) >= 11 is 0. The van der Waals surface area contributed by atoms with Gasteiger partial charge >= 0.3 is 5.97 Å². The van der Waals surface area contributed by atoms with E-state index in [0.717, 1.165) is 5.69 Å². The molecule has 2 aliphatic rings. The number of fused-ring (bicyclic) bond motifs is 1. The number of nitrogens with one attached hydrogen (secondary N) is 2. The van der Waals surface area contributed by atoms with Crippen LogP contribution in [0.2, 0.25) is 0 Å². The van der Waals surface area contributed by atoms with E-state index in [4.69, 9.17) is 14.6 Å². The zero-order valence-corrected chi connectivity index (χ0v) is 18.3. The Hall–Kier alpha value is -2.26. The number of hydrogen-bond acceptors (Lipinski definition) is 7. The third-order valence-corrected chi connectivity index (χ3v) is 5.41. The highest BCUT2D eigenvalue weighted by atomic mass is 16.6. The molecule has 0 spiro atoms. The number of aromatic nitrogens is 2. The first-order valence-corrected chi connectivity index (χ1v) is 10.3. The molecule has 2 saturated heterocycles. The maximum absolute atomic E-state index is 12.4. The van der Waals surface area contributed by atoms with E-state index in [2.05, 4.69) is 41.4 Å². The quantitative estimate of drug-likeness (QED) is 0.609. The Labute approximate surface area is 177 Å². The molecule has 0 radical (unpaired) electrons. The van der Waals surface area contributed by atoms with Crippen molar-refractivity contribution in [2.45, 2.75) is 77.2 Å². The second kappa shape index (κ2) is 8.47.